The van der Waals surface area contributed by atoms with Crippen LogP contribution in [-0.2, 0) is 10.0 Å². The van der Waals surface area contributed by atoms with Crippen LogP contribution in [0, 0.1) is 6.92 Å². The Labute approximate surface area is 157 Å². The van der Waals surface area contributed by atoms with Crippen molar-refractivity contribution in [3.63, 3.8) is 0 Å². The molecule has 0 aliphatic carbocycles. The van der Waals surface area contributed by atoms with E-state index in [1.54, 1.807) is 31.5 Å². The molecule has 1 N–H and O–H groups in total. The number of benzene rings is 1. The van der Waals surface area contributed by atoms with Gasteiger partial charge in [0.2, 0.25) is 0 Å². The minimum absolute atomic E-state index is 0.0224. The van der Waals surface area contributed by atoms with Gasteiger partial charge in [0, 0.05) is 11.8 Å². The number of anilines is 1. The topological polar surface area (TPSA) is 103 Å². The number of pyridine rings is 1. The van der Waals surface area contributed by atoms with Crippen LogP contribution >= 0.6 is 0 Å². The van der Waals surface area contributed by atoms with E-state index >= 15 is 0 Å². The van der Waals surface area contributed by atoms with Gasteiger partial charge in [0.15, 0.2) is 5.03 Å². The Morgan fingerprint density at radius 3 is 2.48 bits per heavy atom. The fourth-order valence-electron chi connectivity index (χ4n) is 2.33. The molecular formula is C18H18N4O4S. The first-order chi connectivity index (χ1) is 12.9. The van der Waals surface area contributed by atoms with E-state index < -0.39 is 10.0 Å². The molecule has 0 spiro atoms. The van der Waals surface area contributed by atoms with Crippen LogP contribution in [0.3, 0.4) is 0 Å². The number of ether oxygens (including phenoxy) is 2. The molecule has 0 atom stereocenters. The molecule has 0 unspecified atom stereocenters. The maximum atomic E-state index is 12.7. The van der Waals surface area contributed by atoms with Crippen molar-refractivity contribution in [1.29, 1.82) is 0 Å². The van der Waals surface area contributed by atoms with Crippen molar-refractivity contribution in [3.05, 3.63) is 54.4 Å². The van der Waals surface area contributed by atoms with E-state index in [1.165, 1.54) is 19.4 Å². The molecule has 3 aromatic rings. The Kier molecular flexibility index (Phi) is 5.22. The van der Waals surface area contributed by atoms with Crippen LogP contribution in [0.15, 0.2) is 53.8 Å². The van der Waals surface area contributed by atoms with E-state index in [9.17, 15) is 8.42 Å². The number of hydrogen-bond acceptors (Lipinski definition) is 7. The molecule has 0 saturated heterocycles. The van der Waals surface area contributed by atoms with Crippen molar-refractivity contribution < 1.29 is 17.9 Å². The molecular weight excluding hydrogens is 368 g/mol. The summed E-state index contributed by atoms with van der Waals surface area (Å²) in [6, 6.07) is 10.3. The van der Waals surface area contributed by atoms with Crippen molar-refractivity contribution >= 4 is 15.7 Å². The number of hydrogen-bond donors (Lipinski definition) is 1. The SMILES string of the molecule is COc1ccc(-c2ccc(C)c(NS(=O)(=O)c3ccnc(OC)n3)c2)nc1. The van der Waals surface area contributed by atoms with Crippen molar-refractivity contribution in [2.45, 2.75) is 11.9 Å². The lowest BCUT2D eigenvalue weighted by molar-refractivity contribution is 0.375. The van der Waals surface area contributed by atoms with Crippen molar-refractivity contribution in [2.24, 2.45) is 0 Å². The highest BCUT2D eigenvalue weighted by Gasteiger charge is 2.18. The van der Waals surface area contributed by atoms with E-state index in [0.29, 0.717) is 17.1 Å². The van der Waals surface area contributed by atoms with Gasteiger partial charge in [-0.1, -0.05) is 12.1 Å². The molecule has 2 aromatic heterocycles. The molecule has 9 heteroatoms. The monoisotopic (exact) mass is 386 g/mol. The van der Waals surface area contributed by atoms with E-state index in [1.807, 2.05) is 19.1 Å². The second-order valence-electron chi connectivity index (χ2n) is 5.60. The molecule has 3 rings (SSSR count). The first-order valence-corrected chi connectivity index (χ1v) is 9.42. The number of aromatic nitrogens is 3. The predicted molar refractivity (Wildman–Crippen MR) is 100 cm³/mol. The number of rotatable bonds is 6. The van der Waals surface area contributed by atoms with Gasteiger partial charge in [0.05, 0.1) is 31.8 Å². The van der Waals surface area contributed by atoms with E-state index in [4.69, 9.17) is 9.47 Å². The number of nitrogens with zero attached hydrogens (tertiary/aromatic N) is 3. The quantitative estimate of drug-likeness (QED) is 0.650. The van der Waals surface area contributed by atoms with Gasteiger partial charge in [0.1, 0.15) is 5.75 Å². The molecule has 0 fully saturated rings. The van der Waals surface area contributed by atoms with Gasteiger partial charge in [-0.2, -0.15) is 13.4 Å². The third-order valence-corrected chi connectivity index (χ3v) is 5.08. The van der Waals surface area contributed by atoms with Crippen LogP contribution < -0.4 is 14.2 Å². The largest absolute Gasteiger partial charge is 0.495 e. The van der Waals surface area contributed by atoms with Gasteiger partial charge in [-0.3, -0.25) is 9.71 Å². The highest BCUT2D eigenvalue weighted by molar-refractivity contribution is 7.92. The van der Waals surface area contributed by atoms with Gasteiger partial charge in [0.25, 0.3) is 10.0 Å². The normalized spacial score (nSPS) is 11.1. The Balaban J connectivity index is 1.94. The zero-order valence-electron chi connectivity index (χ0n) is 15.0. The maximum Gasteiger partial charge on any atom is 0.317 e. The number of aryl methyl sites for hydroxylation is 1. The van der Waals surface area contributed by atoms with E-state index in [2.05, 4.69) is 19.7 Å². The van der Waals surface area contributed by atoms with Crippen molar-refractivity contribution in [2.75, 3.05) is 18.9 Å². The summed E-state index contributed by atoms with van der Waals surface area (Å²) in [5, 5.41) is -0.179. The standard InChI is InChI=1S/C18H18N4O4S/c1-12-4-5-13(15-7-6-14(25-2)11-20-15)10-16(12)22-27(23,24)17-8-9-19-18(21-17)26-3/h4-11,22H,1-3H3. The average Bonchev–Trinajstić information content (AvgIpc) is 2.69. The molecule has 2 heterocycles. The summed E-state index contributed by atoms with van der Waals surface area (Å²) in [7, 11) is -0.963. The third-order valence-electron chi connectivity index (χ3n) is 3.82. The smallest absolute Gasteiger partial charge is 0.317 e. The fraction of sp³-hybridized carbons (Fsp3) is 0.167. The van der Waals surface area contributed by atoms with Crippen molar-refractivity contribution in [3.8, 4) is 23.0 Å². The van der Waals surface area contributed by atoms with Crippen LogP contribution in [0.5, 0.6) is 11.8 Å². The molecule has 1 aromatic carbocycles. The molecule has 0 amide bonds. The van der Waals surface area contributed by atoms with Crippen LogP contribution in [0.1, 0.15) is 5.56 Å². The second kappa shape index (κ2) is 7.58. The lowest BCUT2D eigenvalue weighted by Crippen LogP contribution is -2.16. The van der Waals surface area contributed by atoms with Gasteiger partial charge in [-0.05, 0) is 36.8 Å². The fourth-order valence-corrected chi connectivity index (χ4v) is 3.39. The predicted octanol–water partition coefficient (Wildman–Crippen LogP) is 2.67. The lowest BCUT2D eigenvalue weighted by Gasteiger charge is -2.12. The Morgan fingerprint density at radius 1 is 1.00 bits per heavy atom. The zero-order valence-corrected chi connectivity index (χ0v) is 15.8. The zero-order chi connectivity index (χ0) is 19.4. The van der Waals surface area contributed by atoms with Crippen LogP contribution in [-0.4, -0.2) is 37.6 Å². The minimum Gasteiger partial charge on any atom is -0.495 e. The van der Waals surface area contributed by atoms with Gasteiger partial charge in [-0.15, -0.1) is 0 Å². The van der Waals surface area contributed by atoms with Gasteiger partial charge >= 0.3 is 6.01 Å². The molecule has 0 saturated carbocycles. The molecule has 0 aliphatic heterocycles. The van der Waals surface area contributed by atoms with Gasteiger partial charge in [-0.25, -0.2) is 4.98 Å². The van der Waals surface area contributed by atoms with Crippen LogP contribution in [0.25, 0.3) is 11.3 Å². The highest BCUT2D eigenvalue weighted by Crippen LogP contribution is 2.27. The summed E-state index contributed by atoms with van der Waals surface area (Å²) in [6.45, 7) is 1.81. The summed E-state index contributed by atoms with van der Waals surface area (Å²) in [6.07, 6.45) is 2.93. The Bertz CT molecular complexity index is 1050. The molecule has 0 aliphatic rings. The Morgan fingerprint density at radius 2 is 1.81 bits per heavy atom. The van der Waals surface area contributed by atoms with E-state index in [0.717, 1.165) is 11.1 Å². The molecule has 27 heavy (non-hydrogen) atoms. The average molecular weight is 386 g/mol. The summed E-state index contributed by atoms with van der Waals surface area (Å²) in [5.41, 5.74) is 2.65. The Hall–Kier alpha value is -3.20. The summed E-state index contributed by atoms with van der Waals surface area (Å²) in [4.78, 5) is 12.0. The third kappa shape index (κ3) is 4.14. The number of sulfonamides is 1. The molecule has 0 radical (unpaired) electrons. The summed E-state index contributed by atoms with van der Waals surface area (Å²) in [5.74, 6) is 0.643. The summed E-state index contributed by atoms with van der Waals surface area (Å²) >= 11 is 0. The minimum atomic E-state index is -3.90. The molecule has 8 nitrogen and oxygen atoms in total. The lowest BCUT2D eigenvalue weighted by atomic mass is 10.1. The first-order valence-electron chi connectivity index (χ1n) is 7.94. The maximum absolute atomic E-state index is 12.7. The highest BCUT2D eigenvalue weighted by atomic mass is 32.2. The summed E-state index contributed by atoms with van der Waals surface area (Å²) < 4.78 is 37.9. The molecule has 0 bridgehead atoms. The number of methoxy groups -OCH3 is 2. The van der Waals surface area contributed by atoms with Crippen molar-refractivity contribution in [1.82, 2.24) is 15.0 Å². The van der Waals surface area contributed by atoms with E-state index in [-0.39, 0.29) is 11.0 Å². The van der Waals surface area contributed by atoms with Crippen LogP contribution in [0.4, 0.5) is 5.69 Å². The van der Waals surface area contributed by atoms with Crippen LogP contribution in [0.2, 0.25) is 0 Å². The number of nitrogens with one attached hydrogen (secondary N) is 1. The first kappa shape index (κ1) is 18.6. The second-order valence-corrected chi connectivity index (χ2v) is 7.23. The molecule has 140 valence electrons. The van der Waals surface area contributed by atoms with Gasteiger partial charge < -0.3 is 9.47 Å².